The number of aromatic nitrogens is 1. The number of amides is 1. The van der Waals surface area contributed by atoms with Crippen molar-refractivity contribution in [2.75, 3.05) is 23.3 Å². The van der Waals surface area contributed by atoms with Gasteiger partial charge in [0.1, 0.15) is 11.6 Å². The summed E-state index contributed by atoms with van der Waals surface area (Å²) in [5.74, 6) is -1.84. The number of nitrogens with zero attached hydrogens (tertiary/aromatic N) is 2. The minimum Gasteiger partial charge on any atom is -0.452 e. The summed E-state index contributed by atoms with van der Waals surface area (Å²) in [7, 11) is 0. The molecule has 0 aliphatic carbocycles. The predicted molar refractivity (Wildman–Crippen MR) is 105 cm³/mol. The molecule has 0 bridgehead atoms. The third-order valence-electron chi connectivity index (χ3n) is 5.02. The average molecular weight is 439 g/mol. The van der Waals surface area contributed by atoms with Gasteiger partial charge in [-0.1, -0.05) is 12.1 Å². The quantitative estimate of drug-likeness (QED) is 0.563. The number of piperidine rings is 1. The number of anilines is 2. The van der Waals surface area contributed by atoms with E-state index in [2.05, 4.69) is 10.3 Å². The summed E-state index contributed by atoms with van der Waals surface area (Å²) in [6.07, 6.45) is -3.96. The van der Waals surface area contributed by atoms with E-state index < -0.39 is 41.5 Å². The zero-order valence-electron chi connectivity index (χ0n) is 16.7. The van der Waals surface area contributed by atoms with Crippen molar-refractivity contribution < 1.29 is 31.9 Å². The molecule has 1 aromatic carbocycles. The van der Waals surface area contributed by atoms with Crippen molar-refractivity contribution in [3.63, 3.8) is 0 Å². The molecule has 0 radical (unpaired) electrons. The molecule has 1 amide bonds. The monoisotopic (exact) mass is 439 g/mol. The molecule has 1 saturated heterocycles. The number of hydrogen-bond donors (Lipinski definition) is 1. The Morgan fingerprint density at radius 1 is 1.16 bits per heavy atom. The van der Waals surface area contributed by atoms with E-state index in [-0.39, 0.29) is 5.69 Å². The number of alkyl halides is 3. The fourth-order valence-electron chi connectivity index (χ4n) is 3.21. The van der Waals surface area contributed by atoms with Gasteiger partial charge in [-0.3, -0.25) is 9.59 Å². The van der Waals surface area contributed by atoms with Gasteiger partial charge in [0, 0.05) is 19.3 Å². The largest absolute Gasteiger partial charge is 0.452 e. The maximum Gasteiger partial charge on any atom is 0.417 e. The summed E-state index contributed by atoms with van der Waals surface area (Å²) in [5.41, 5.74) is -0.829. The van der Waals surface area contributed by atoms with Crippen LogP contribution in [0.2, 0.25) is 0 Å². The normalized spacial score (nSPS) is 16.0. The number of carbonyl (C=O) groups is 2. The van der Waals surface area contributed by atoms with Crippen molar-refractivity contribution in [1.29, 1.82) is 0 Å². The minimum absolute atomic E-state index is 0.00671. The molecule has 0 saturated carbocycles. The molecule has 1 aromatic heterocycles. The highest BCUT2D eigenvalue weighted by Crippen LogP contribution is 2.30. The van der Waals surface area contributed by atoms with E-state index in [0.29, 0.717) is 31.7 Å². The molecule has 0 spiro atoms. The van der Waals surface area contributed by atoms with Crippen LogP contribution in [0.3, 0.4) is 0 Å². The maximum atomic E-state index is 13.6. The first-order valence-corrected chi connectivity index (χ1v) is 9.69. The van der Waals surface area contributed by atoms with Crippen molar-refractivity contribution in [2.45, 2.75) is 32.0 Å². The molecule has 31 heavy (non-hydrogen) atoms. The van der Waals surface area contributed by atoms with Crippen molar-refractivity contribution in [3.05, 3.63) is 54.0 Å². The lowest BCUT2D eigenvalue weighted by Crippen LogP contribution is -2.39. The summed E-state index contributed by atoms with van der Waals surface area (Å²) < 4.78 is 56.8. The van der Waals surface area contributed by atoms with Gasteiger partial charge in [-0.15, -0.1) is 0 Å². The van der Waals surface area contributed by atoms with Gasteiger partial charge in [0.05, 0.1) is 17.2 Å². The first-order chi connectivity index (χ1) is 14.6. The molecule has 2 heterocycles. The number of nitrogens with one attached hydrogen (secondary N) is 1. The van der Waals surface area contributed by atoms with Crippen LogP contribution >= 0.6 is 0 Å². The summed E-state index contributed by atoms with van der Waals surface area (Å²) in [6, 6.07) is 7.92. The number of esters is 1. The molecule has 3 rings (SSSR count). The Hall–Kier alpha value is -3.17. The first-order valence-electron chi connectivity index (χ1n) is 9.69. The van der Waals surface area contributed by atoms with E-state index in [1.807, 2.05) is 0 Å². The van der Waals surface area contributed by atoms with Crippen LogP contribution in [0.15, 0.2) is 42.6 Å². The molecule has 1 unspecified atom stereocenters. The zero-order chi connectivity index (χ0) is 22.6. The van der Waals surface area contributed by atoms with Gasteiger partial charge in [0.15, 0.2) is 6.10 Å². The highest BCUT2D eigenvalue weighted by Gasteiger charge is 2.32. The van der Waals surface area contributed by atoms with Gasteiger partial charge in [0.25, 0.3) is 5.91 Å². The molecule has 1 N–H and O–H groups in total. The Morgan fingerprint density at radius 2 is 1.84 bits per heavy atom. The van der Waals surface area contributed by atoms with Gasteiger partial charge in [-0.2, -0.15) is 13.2 Å². The average Bonchev–Trinajstić information content (AvgIpc) is 2.75. The highest BCUT2D eigenvalue weighted by atomic mass is 19.4. The third-order valence-corrected chi connectivity index (χ3v) is 5.02. The van der Waals surface area contributed by atoms with Gasteiger partial charge in [-0.05, 0) is 44.0 Å². The van der Waals surface area contributed by atoms with E-state index in [0.717, 1.165) is 12.3 Å². The van der Waals surface area contributed by atoms with Crippen molar-refractivity contribution in [1.82, 2.24) is 4.98 Å². The van der Waals surface area contributed by atoms with Crippen LogP contribution in [0.4, 0.5) is 29.1 Å². The van der Waals surface area contributed by atoms with Crippen LogP contribution in [0.5, 0.6) is 0 Å². The Kier molecular flexibility index (Phi) is 6.77. The molecule has 10 heteroatoms. The molecular formula is C21H21F4N3O3. The summed E-state index contributed by atoms with van der Waals surface area (Å²) >= 11 is 0. The standard InChI is InChI=1S/C21H21F4N3O3/c1-13(19(29)27-17-5-3-2-4-16(17)22)31-20(30)14-8-10-28(11-9-14)18-7-6-15(12-26-18)21(23,24)25/h2-7,12-14H,8-11H2,1H3,(H,27,29). The number of carbonyl (C=O) groups excluding carboxylic acids is 2. The lowest BCUT2D eigenvalue weighted by atomic mass is 9.97. The lowest BCUT2D eigenvalue weighted by Gasteiger charge is -2.32. The van der Waals surface area contributed by atoms with Gasteiger partial charge in [-0.25, -0.2) is 9.37 Å². The Bertz CT molecular complexity index is 926. The van der Waals surface area contributed by atoms with Crippen molar-refractivity contribution in [3.8, 4) is 0 Å². The molecule has 2 aromatic rings. The van der Waals surface area contributed by atoms with E-state index in [1.54, 1.807) is 11.0 Å². The number of hydrogen-bond acceptors (Lipinski definition) is 5. The van der Waals surface area contributed by atoms with E-state index in [9.17, 15) is 27.2 Å². The van der Waals surface area contributed by atoms with E-state index >= 15 is 0 Å². The zero-order valence-corrected chi connectivity index (χ0v) is 16.7. The van der Waals surface area contributed by atoms with Gasteiger partial charge >= 0.3 is 12.1 Å². The molecule has 1 aliphatic heterocycles. The lowest BCUT2D eigenvalue weighted by molar-refractivity contribution is -0.158. The Labute approximate surface area is 176 Å². The first kappa shape index (κ1) is 22.5. The number of ether oxygens (including phenoxy) is 1. The fraction of sp³-hybridized carbons (Fsp3) is 0.381. The highest BCUT2D eigenvalue weighted by molar-refractivity contribution is 5.95. The van der Waals surface area contributed by atoms with Crippen LogP contribution in [0.25, 0.3) is 0 Å². The van der Waals surface area contributed by atoms with Crippen LogP contribution in [-0.4, -0.2) is 36.1 Å². The van der Waals surface area contributed by atoms with Crippen LogP contribution in [0.1, 0.15) is 25.3 Å². The second-order valence-electron chi connectivity index (χ2n) is 7.21. The van der Waals surface area contributed by atoms with Crippen LogP contribution < -0.4 is 10.2 Å². The third kappa shape index (κ3) is 5.71. The molecule has 166 valence electrons. The van der Waals surface area contributed by atoms with Gasteiger partial charge < -0.3 is 15.0 Å². The van der Waals surface area contributed by atoms with E-state index in [1.165, 1.54) is 31.2 Å². The SMILES string of the molecule is CC(OC(=O)C1CCN(c2ccc(C(F)(F)F)cn2)CC1)C(=O)Nc1ccccc1F. The molecule has 6 nitrogen and oxygen atoms in total. The van der Waals surface area contributed by atoms with Crippen LogP contribution in [-0.2, 0) is 20.5 Å². The number of halogens is 4. The molecule has 1 atom stereocenters. The summed E-state index contributed by atoms with van der Waals surface area (Å²) in [4.78, 5) is 30.2. The minimum atomic E-state index is -4.45. The number of benzene rings is 1. The number of pyridine rings is 1. The molecule has 1 aliphatic rings. The maximum absolute atomic E-state index is 13.6. The number of para-hydroxylation sites is 1. The van der Waals surface area contributed by atoms with Crippen molar-refractivity contribution >= 4 is 23.4 Å². The van der Waals surface area contributed by atoms with Crippen LogP contribution in [0, 0.1) is 11.7 Å². The number of rotatable bonds is 5. The molecular weight excluding hydrogens is 418 g/mol. The summed E-state index contributed by atoms with van der Waals surface area (Å²) in [5, 5.41) is 2.37. The smallest absolute Gasteiger partial charge is 0.417 e. The second-order valence-corrected chi connectivity index (χ2v) is 7.21. The Morgan fingerprint density at radius 3 is 2.42 bits per heavy atom. The van der Waals surface area contributed by atoms with Gasteiger partial charge in [0.2, 0.25) is 0 Å². The predicted octanol–water partition coefficient (Wildman–Crippen LogP) is 4.03. The topological polar surface area (TPSA) is 71.5 Å². The summed E-state index contributed by atoms with van der Waals surface area (Å²) in [6.45, 7) is 2.22. The molecule has 1 fully saturated rings. The van der Waals surface area contributed by atoms with Crippen molar-refractivity contribution in [2.24, 2.45) is 5.92 Å². The van der Waals surface area contributed by atoms with E-state index in [4.69, 9.17) is 4.74 Å². The Balaban J connectivity index is 1.49. The fourth-order valence-corrected chi connectivity index (χ4v) is 3.21. The second kappa shape index (κ2) is 9.32.